The van der Waals surface area contributed by atoms with Crippen molar-refractivity contribution in [1.82, 2.24) is 14.5 Å². The molecule has 0 radical (unpaired) electrons. The van der Waals surface area contributed by atoms with Crippen molar-refractivity contribution in [3.8, 4) is 0 Å². The van der Waals surface area contributed by atoms with Crippen molar-refractivity contribution in [2.24, 2.45) is 0 Å². The van der Waals surface area contributed by atoms with Crippen LogP contribution >= 0.6 is 0 Å². The van der Waals surface area contributed by atoms with E-state index in [4.69, 9.17) is 0 Å². The molecule has 1 aliphatic carbocycles. The van der Waals surface area contributed by atoms with Crippen LogP contribution in [0.1, 0.15) is 51.0 Å². The number of benzene rings is 1. The Morgan fingerprint density at radius 2 is 1.66 bits per heavy atom. The minimum atomic E-state index is -3.45. The van der Waals surface area contributed by atoms with Gasteiger partial charge in [0.25, 0.3) is 0 Å². The number of rotatable bonds is 6. The number of hydrogen-bond donors (Lipinski definition) is 1. The Morgan fingerprint density at radius 1 is 1.03 bits per heavy atom. The molecule has 1 heterocycles. The largest absolute Gasteiger partial charge is 0.352 e. The standard InChI is InChI=1S/C22H33N3O3S/c1-19(22(26)23-21-11-7-2-3-8-12-21)24-14-16-25(17-15-24)29(27,28)18-13-20-9-5-4-6-10-20/h4-6,9-10,13,18-19,21H,2-3,7-8,11-12,14-17H2,1H3,(H,23,26)/b18-13+/t19-/m0/s1. The van der Waals surface area contributed by atoms with Crippen molar-refractivity contribution in [2.45, 2.75) is 57.5 Å². The second-order valence-electron chi connectivity index (χ2n) is 8.07. The van der Waals surface area contributed by atoms with Gasteiger partial charge < -0.3 is 5.32 Å². The molecular weight excluding hydrogens is 386 g/mol. The summed E-state index contributed by atoms with van der Waals surface area (Å²) in [5.74, 6) is 0.0668. The smallest absolute Gasteiger partial charge is 0.237 e. The molecule has 160 valence electrons. The molecule has 1 saturated heterocycles. The van der Waals surface area contributed by atoms with Gasteiger partial charge in [-0.05, 0) is 31.4 Å². The van der Waals surface area contributed by atoms with Gasteiger partial charge in [-0.25, -0.2) is 8.42 Å². The maximum absolute atomic E-state index is 12.7. The summed E-state index contributed by atoms with van der Waals surface area (Å²) in [7, 11) is -3.45. The van der Waals surface area contributed by atoms with Crippen molar-refractivity contribution >= 4 is 22.0 Å². The fourth-order valence-corrected chi connectivity index (χ4v) is 5.24. The van der Waals surface area contributed by atoms with Crippen molar-refractivity contribution in [3.63, 3.8) is 0 Å². The number of nitrogens with zero attached hydrogens (tertiary/aromatic N) is 2. The van der Waals surface area contributed by atoms with Crippen molar-refractivity contribution in [3.05, 3.63) is 41.3 Å². The summed E-state index contributed by atoms with van der Waals surface area (Å²) >= 11 is 0. The Labute approximate surface area is 175 Å². The Hall–Kier alpha value is -1.70. The number of piperazine rings is 1. The molecule has 2 fully saturated rings. The third-order valence-corrected chi connectivity index (χ3v) is 7.56. The Kier molecular flexibility index (Phi) is 7.86. The topological polar surface area (TPSA) is 69.7 Å². The van der Waals surface area contributed by atoms with Crippen molar-refractivity contribution < 1.29 is 13.2 Å². The fraction of sp³-hybridized carbons (Fsp3) is 0.591. The second kappa shape index (κ2) is 10.4. The molecule has 6 nitrogen and oxygen atoms in total. The Morgan fingerprint density at radius 3 is 2.28 bits per heavy atom. The van der Waals surface area contributed by atoms with Crippen LogP contribution in [0, 0.1) is 0 Å². The van der Waals surface area contributed by atoms with E-state index in [2.05, 4.69) is 10.2 Å². The molecule has 29 heavy (non-hydrogen) atoms. The number of hydrogen-bond acceptors (Lipinski definition) is 4. The van der Waals surface area contributed by atoms with Crippen LogP contribution in [0.4, 0.5) is 0 Å². The first-order valence-corrected chi connectivity index (χ1v) is 12.2. The van der Waals surface area contributed by atoms with Crippen LogP contribution in [-0.2, 0) is 14.8 Å². The summed E-state index contributed by atoms with van der Waals surface area (Å²) in [6.45, 7) is 3.87. The highest BCUT2D eigenvalue weighted by molar-refractivity contribution is 7.92. The highest BCUT2D eigenvalue weighted by Gasteiger charge is 2.30. The molecule has 1 N–H and O–H groups in total. The van der Waals surface area contributed by atoms with E-state index in [0.29, 0.717) is 26.2 Å². The Bertz CT molecular complexity index is 779. The van der Waals surface area contributed by atoms with Gasteiger partial charge in [0.2, 0.25) is 15.9 Å². The van der Waals surface area contributed by atoms with Crippen molar-refractivity contribution in [1.29, 1.82) is 0 Å². The first-order valence-electron chi connectivity index (χ1n) is 10.7. The van der Waals surface area contributed by atoms with Crippen LogP contribution < -0.4 is 5.32 Å². The maximum atomic E-state index is 12.7. The van der Waals surface area contributed by atoms with Crippen LogP contribution in [0.2, 0.25) is 0 Å². The summed E-state index contributed by atoms with van der Waals surface area (Å²) < 4.78 is 26.7. The summed E-state index contributed by atoms with van der Waals surface area (Å²) in [6, 6.07) is 9.47. The van der Waals surface area contributed by atoms with Gasteiger partial charge in [-0.3, -0.25) is 9.69 Å². The summed E-state index contributed by atoms with van der Waals surface area (Å²) in [6.07, 6.45) is 8.66. The van der Waals surface area contributed by atoms with E-state index >= 15 is 0 Å². The second-order valence-corrected chi connectivity index (χ2v) is 9.88. The average molecular weight is 420 g/mol. The van der Waals surface area contributed by atoms with Crippen molar-refractivity contribution in [2.75, 3.05) is 26.2 Å². The quantitative estimate of drug-likeness (QED) is 0.720. The molecule has 1 aromatic carbocycles. The highest BCUT2D eigenvalue weighted by Crippen LogP contribution is 2.18. The third kappa shape index (κ3) is 6.39. The molecule has 1 aliphatic heterocycles. The van der Waals surface area contributed by atoms with E-state index < -0.39 is 10.0 Å². The molecule has 0 aromatic heterocycles. The predicted molar refractivity (Wildman–Crippen MR) is 117 cm³/mol. The van der Waals surface area contributed by atoms with Gasteiger partial charge in [0.15, 0.2) is 0 Å². The predicted octanol–water partition coefficient (Wildman–Crippen LogP) is 2.83. The van der Waals surface area contributed by atoms with Crippen LogP contribution in [0.3, 0.4) is 0 Å². The van der Waals surface area contributed by atoms with Gasteiger partial charge in [-0.1, -0.05) is 56.0 Å². The lowest BCUT2D eigenvalue weighted by Gasteiger charge is -2.36. The molecule has 0 spiro atoms. The molecule has 1 saturated carbocycles. The zero-order chi connectivity index (χ0) is 20.7. The lowest BCUT2D eigenvalue weighted by molar-refractivity contribution is -0.127. The SMILES string of the molecule is C[C@@H](C(=O)NC1CCCCCC1)N1CCN(S(=O)(=O)/C=C/c2ccccc2)CC1. The van der Waals surface area contributed by atoms with Gasteiger partial charge >= 0.3 is 0 Å². The number of amides is 1. The summed E-state index contributed by atoms with van der Waals surface area (Å²) in [4.78, 5) is 14.7. The third-order valence-electron chi connectivity index (χ3n) is 5.99. The molecule has 1 atom stereocenters. The minimum absolute atomic E-state index is 0.0668. The molecule has 0 unspecified atom stereocenters. The molecule has 7 heteroatoms. The number of sulfonamides is 1. The van der Waals surface area contributed by atoms with E-state index in [-0.39, 0.29) is 18.0 Å². The molecular formula is C22H33N3O3S. The number of carbonyl (C=O) groups is 1. The summed E-state index contributed by atoms with van der Waals surface area (Å²) in [5.41, 5.74) is 0.860. The van der Waals surface area contributed by atoms with Crippen LogP contribution in [0.5, 0.6) is 0 Å². The fourth-order valence-electron chi connectivity index (χ4n) is 4.07. The van der Waals surface area contributed by atoms with Crippen LogP contribution in [0.25, 0.3) is 6.08 Å². The lowest BCUT2D eigenvalue weighted by Crippen LogP contribution is -2.55. The van der Waals surface area contributed by atoms with E-state index in [9.17, 15) is 13.2 Å². The number of carbonyl (C=O) groups excluding carboxylic acids is 1. The van der Waals surface area contributed by atoms with Crippen LogP contribution in [-0.4, -0.2) is 61.8 Å². The van der Waals surface area contributed by atoms with E-state index in [1.54, 1.807) is 6.08 Å². The summed E-state index contributed by atoms with van der Waals surface area (Å²) in [5, 5.41) is 4.49. The molecule has 3 rings (SSSR count). The van der Waals surface area contributed by atoms with Gasteiger partial charge in [-0.15, -0.1) is 0 Å². The van der Waals surface area contributed by atoms with Gasteiger partial charge in [0, 0.05) is 37.6 Å². The van der Waals surface area contributed by atoms with Gasteiger partial charge in [0.05, 0.1) is 6.04 Å². The van der Waals surface area contributed by atoms with Crippen LogP contribution in [0.15, 0.2) is 35.7 Å². The van der Waals surface area contributed by atoms with Gasteiger partial charge in [-0.2, -0.15) is 4.31 Å². The molecule has 0 bridgehead atoms. The molecule has 1 amide bonds. The monoisotopic (exact) mass is 419 g/mol. The average Bonchev–Trinajstić information content (AvgIpc) is 3.01. The first kappa shape index (κ1) is 22.0. The molecule has 2 aliphatic rings. The molecule has 1 aromatic rings. The highest BCUT2D eigenvalue weighted by atomic mass is 32.2. The van der Waals surface area contributed by atoms with E-state index in [1.165, 1.54) is 35.4 Å². The zero-order valence-electron chi connectivity index (χ0n) is 17.3. The number of nitrogens with one attached hydrogen (secondary N) is 1. The lowest BCUT2D eigenvalue weighted by atomic mass is 10.1. The Balaban J connectivity index is 1.49. The maximum Gasteiger partial charge on any atom is 0.237 e. The van der Waals surface area contributed by atoms with Gasteiger partial charge in [0.1, 0.15) is 0 Å². The normalized spacial score (nSPS) is 21.7. The zero-order valence-corrected chi connectivity index (χ0v) is 18.1. The first-order chi connectivity index (χ1) is 14.0. The van der Waals surface area contributed by atoms with E-state index in [0.717, 1.165) is 18.4 Å². The minimum Gasteiger partial charge on any atom is -0.352 e. The van der Waals surface area contributed by atoms with E-state index in [1.807, 2.05) is 37.3 Å².